The van der Waals surface area contributed by atoms with Gasteiger partial charge in [-0.3, -0.25) is 38.5 Å². The lowest BCUT2D eigenvalue weighted by molar-refractivity contribution is -0.143. The Hall–Kier alpha value is -8.68. The second-order valence-corrected chi connectivity index (χ2v) is 20.3. The fourth-order valence-corrected chi connectivity index (χ4v) is 9.26. The van der Waals surface area contributed by atoms with Crippen LogP contribution in [0, 0.1) is 5.92 Å². The minimum atomic E-state index is -2.14. The van der Waals surface area contributed by atoms with Gasteiger partial charge in [0, 0.05) is 0 Å². The molecule has 5 aromatic rings. The summed E-state index contributed by atoms with van der Waals surface area (Å²) in [6.45, 7) is 3.73. The number of nitrogens with zero attached hydrogens (tertiary/aromatic N) is 1. The molecule has 0 saturated heterocycles. The molecule has 80 heavy (non-hydrogen) atoms. The van der Waals surface area contributed by atoms with Gasteiger partial charge in [-0.15, -0.1) is 0 Å². The third kappa shape index (κ3) is 13.8. The van der Waals surface area contributed by atoms with Crippen LogP contribution in [0.2, 0.25) is 10.0 Å². The lowest BCUT2D eigenvalue weighted by atomic mass is 9.97. The van der Waals surface area contributed by atoms with Crippen molar-refractivity contribution < 1.29 is 78.5 Å². The zero-order valence-electron chi connectivity index (χ0n) is 43.0. The van der Waals surface area contributed by atoms with E-state index in [2.05, 4.69) is 31.9 Å². The molecule has 9 atom stereocenters. The number of amides is 7. The van der Waals surface area contributed by atoms with Gasteiger partial charge < -0.3 is 77.7 Å². The van der Waals surface area contributed by atoms with Crippen molar-refractivity contribution in [3.05, 3.63) is 135 Å². The number of carbonyl (C=O) groups is 8. The van der Waals surface area contributed by atoms with Gasteiger partial charge in [0.05, 0.1) is 22.5 Å². The molecule has 0 aromatic heterocycles. The summed E-state index contributed by atoms with van der Waals surface area (Å²) in [4.78, 5) is 115. The highest BCUT2D eigenvalue weighted by Gasteiger charge is 2.40. The Morgan fingerprint density at radius 2 is 1.21 bits per heavy atom. The summed E-state index contributed by atoms with van der Waals surface area (Å²) in [5, 5.41) is 80.4. The molecule has 14 N–H and O–H groups in total. The van der Waals surface area contributed by atoms with E-state index < -0.39 is 125 Å². The summed E-state index contributed by atoms with van der Waals surface area (Å²) in [5.74, 6) is -12.8. The smallest absolute Gasteiger partial charge is 0.330 e. The first-order chi connectivity index (χ1) is 37.8. The van der Waals surface area contributed by atoms with Crippen LogP contribution in [0.3, 0.4) is 0 Å². The number of hydrogen-bond donors (Lipinski definition) is 13. The normalized spacial score (nSPS) is 21.2. The van der Waals surface area contributed by atoms with Gasteiger partial charge >= 0.3 is 5.97 Å². The highest BCUT2D eigenvalue weighted by molar-refractivity contribution is 6.32. The van der Waals surface area contributed by atoms with Crippen LogP contribution < -0.4 is 47.1 Å². The van der Waals surface area contributed by atoms with E-state index in [-0.39, 0.29) is 66.8 Å². The Kier molecular flexibility index (Phi) is 18.4. The third-order valence-electron chi connectivity index (χ3n) is 12.9. The van der Waals surface area contributed by atoms with Gasteiger partial charge in [-0.25, -0.2) is 4.79 Å². The molecular weight excluding hydrogens is 1090 g/mol. The molecule has 0 saturated carbocycles. The summed E-state index contributed by atoms with van der Waals surface area (Å²) < 4.78 is 12.3. The number of nitrogens with two attached hydrogens (primary N) is 1. The average Bonchev–Trinajstić information content (AvgIpc) is 3.39. The average molecular weight is 1140 g/mol. The van der Waals surface area contributed by atoms with Crippen LogP contribution in [-0.2, 0) is 38.4 Å². The molecule has 0 radical (unpaired) electrons. The molecule has 4 aliphatic heterocycles. The van der Waals surface area contributed by atoms with E-state index in [1.165, 1.54) is 60.7 Å². The maximum Gasteiger partial charge on any atom is 0.330 e. The molecule has 24 nitrogen and oxygen atoms in total. The number of aromatic hydroxyl groups is 3. The maximum atomic E-state index is 15.2. The number of benzene rings is 5. The van der Waals surface area contributed by atoms with Crippen LogP contribution in [-0.4, -0.2) is 121 Å². The maximum absolute atomic E-state index is 15.2. The Labute approximate surface area is 466 Å². The number of hydrogen-bond acceptors (Lipinski definition) is 16. The highest BCUT2D eigenvalue weighted by atomic mass is 35.5. The van der Waals surface area contributed by atoms with Crippen molar-refractivity contribution in [3.63, 3.8) is 0 Å². The van der Waals surface area contributed by atoms with Gasteiger partial charge in [-0.1, -0.05) is 73.4 Å². The Balaban J connectivity index is 1.41. The molecule has 26 heteroatoms. The quantitative estimate of drug-likeness (QED) is 0.0854. The molecule has 422 valence electrons. The monoisotopic (exact) mass is 1140 g/mol. The van der Waals surface area contributed by atoms with E-state index in [4.69, 9.17) is 38.4 Å². The van der Waals surface area contributed by atoms with Crippen molar-refractivity contribution in [2.75, 3.05) is 14.1 Å². The summed E-state index contributed by atoms with van der Waals surface area (Å²) in [5.41, 5.74) is 4.86. The number of aliphatic hydroxyl groups is 2. The number of aliphatic hydroxyl groups excluding tert-OH is 2. The van der Waals surface area contributed by atoms with Gasteiger partial charge in [0.1, 0.15) is 65.4 Å². The minimum Gasteiger partial charge on any atom is -0.508 e. The van der Waals surface area contributed by atoms with Gasteiger partial charge in [0.25, 0.3) is 0 Å². The molecule has 0 unspecified atom stereocenters. The number of ether oxygens (including phenoxy) is 2. The second kappa shape index (κ2) is 25.0. The first-order valence-corrected chi connectivity index (χ1v) is 25.3. The molecule has 0 spiro atoms. The number of nitrogens with one attached hydrogen (secondary N) is 6. The first-order valence-electron chi connectivity index (χ1n) is 24.5. The fraction of sp³-hybridized carbons (Fsp3) is 0.296. The third-order valence-corrected chi connectivity index (χ3v) is 13.5. The number of carboxylic acids is 1. The molecular formula is C54H56Cl2N8O16. The van der Waals surface area contributed by atoms with Crippen LogP contribution >= 0.6 is 23.2 Å². The number of primary amides is 1. The van der Waals surface area contributed by atoms with Crippen molar-refractivity contribution in [2.45, 2.75) is 81.2 Å². The van der Waals surface area contributed by atoms with E-state index in [1.807, 2.05) is 13.8 Å². The number of carboxylic acid groups (broad SMARTS) is 1. The minimum absolute atomic E-state index is 0.0192. The summed E-state index contributed by atoms with van der Waals surface area (Å²) in [7, 11) is 3.26. The van der Waals surface area contributed by atoms with Crippen molar-refractivity contribution in [1.29, 1.82) is 0 Å². The number of aliphatic carboxylic acids is 1. The molecule has 7 amide bonds. The topological polar surface area (TPSA) is 378 Å². The molecule has 0 aliphatic carbocycles. The standard InChI is InChI=1S/C54H56Cl2N8O16/c1-23(2)16-34(64(3)4)49(72)62-43-45(68)26-10-14-35(31(55)18-26)79-37-20-28-21-38(47(37)70)80-36-15-11-27(19-32(36)56)46(69)44(53(76)61-42(54(77)78)25-6-5-7-30(66)17-25)63-50(73)40(24-8-12-29(65)13-9-24)60-51(74)41(28)59-48(71)33(22-39(57)67)58-52(43)75/h5-15,17-21,23,33-34,40-46,65-66,68-70H,16,22H2,1-4H3,(H2,57,67)(H,58,75)(H,59,71)(H,60,74)(H,61,76)(H,62,72)(H,63,73)(H,77,78)/t33-,34+,40+,41+,42+,43+,44+,45+,46+/m1/s1. The lowest BCUT2D eigenvalue weighted by Gasteiger charge is -2.31. The Morgan fingerprint density at radius 1 is 0.662 bits per heavy atom. The van der Waals surface area contributed by atoms with E-state index in [9.17, 15) is 64.2 Å². The number of likely N-dealkylation sites (N-methyl/N-ethyl adjacent to an activating group) is 1. The van der Waals surface area contributed by atoms with E-state index in [1.54, 1.807) is 19.0 Å². The van der Waals surface area contributed by atoms with Crippen molar-refractivity contribution >= 4 is 70.5 Å². The van der Waals surface area contributed by atoms with Gasteiger partial charge in [0.15, 0.2) is 17.5 Å². The van der Waals surface area contributed by atoms with Gasteiger partial charge in [0.2, 0.25) is 47.1 Å². The van der Waals surface area contributed by atoms with Crippen LogP contribution in [0.25, 0.3) is 0 Å². The summed E-state index contributed by atoms with van der Waals surface area (Å²) in [6, 6.07) is 6.11. The number of rotatable bonds is 12. The largest absolute Gasteiger partial charge is 0.508 e. The number of phenolic OH excluding ortho intramolecular Hbond substituents is 3. The van der Waals surface area contributed by atoms with E-state index in [0.29, 0.717) is 6.42 Å². The number of fused-ring (bicyclic) bond motifs is 16. The zero-order valence-corrected chi connectivity index (χ0v) is 44.5. The summed E-state index contributed by atoms with van der Waals surface area (Å²) in [6.07, 6.45) is -4.65. The van der Waals surface area contributed by atoms with E-state index >= 15 is 4.79 Å². The molecule has 9 rings (SSSR count). The zero-order chi connectivity index (χ0) is 58.4. The number of carbonyl (C=O) groups excluding carboxylic acids is 7. The Morgan fingerprint density at radius 3 is 1.75 bits per heavy atom. The number of phenols is 3. The Bertz CT molecular complexity index is 3240. The van der Waals surface area contributed by atoms with Crippen molar-refractivity contribution in [3.8, 4) is 40.2 Å². The van der Waals surface area contributed by atoms with Crippen molar-refractivity contribution in [2.24, 2.45) is 11.7 Å². The molecule has 0 fully saturated rings. The van der Waals surface area contributed by atoms with Crippen LogP contribution in [0.1, 0.15) is 84.8 Å². The molecule has 4 aliphatic rings. The predicted molar refractivity (Wildman–Crippen MR) is 284 cm³/mol. The summed E-state index contributed by atoms with van der Waals surface area (Å²) >= 11 is 13.5. The second-order valence-electron chi connectivity index (χ2n) is 19.5. The van der Waals surface area contributed by atoms with Crippen molar-refractivity contribution in [1.82, 2.24) is 36.8 Å². The molecule has 7 bridgehead atoms. The van der Waals surface area contributed by atoms with Crippen LogP contribution in [0.4, 0.5) is 0 Å². The SMILES string of the molecule is CC(C)C[C@@H](C(=O)N[C@@H]1C(=O)N[C@H](CC(N)=O)C(=O)N[C@@H]2C(=O)N[C@@H](c3ccc(O)cc3)C(=O)N[C@H](C(=O)N[C@H](C(=O)O)c3cccc(O)c3)[C@@H](O)c3ccc(c(Cl)c3)Oc3cc2cc(c3O)Oc2ccc(cc2Cl)[C@@H]1O)N(C)C. The number of halogens is 2. The molecule has 5 aromatic carbocycles. The first kappa shape index (κ1) is 59.0. The highest BCUT2D eigenvalue weighted by Crippen LogP contribution is 2.46. The van der Waals surface area contributed by atoms with Crippen LogP contribution in [0.5, 0.6) is 40.2 Å². The predicted octanol–water partition coefficient (Wildman–Crippen LogP) is 3.05. The fourth-order valence-electron chi connectivity index (χ4n) is 8.81. The van der Waals surface area contributed by atoms with Crippen LogP contribution in [0.15, 0.2) is 97.1 Å². The van der Waals surface area contributed by atoms with Gasteiger partial charge in [-0.05, 0) is 115 Å². The lowest BCUT2D eigenvalue weighted by Crippen LogP contribution is -2.59. The van der Waals surface area contributed by atoms with Gasteiger partial charge in [-0.2, -0.15) is 0 Å². The van der Waals surface area contributed by atoms with E-state index in [0.717, 1.165) is 36.4 Å². The molecule has 4 heterocycles.